The number of anilines is 1. The van der Waals surface area contributed by atoms with Gasteiger partial charge >= 0.3 is 31.2 Å². The fraction of sp³-hybridized carbons (Fsp3) is 0.0645. The van der Waals surface area contributed by atoms with Crippen molar-refractivity contribution in [1.82, 2.24) is 4.98 Å². The van der Waals surface area contributed by atoms with Gasteiger partial charge in [-0.3, -0.25) is 9.78 Å². The predicted molar refractivity (Wildman–Crippen MR) is 158 cm³/mol. The standard InChI is InChI=1S/C31H21ClN2O5.ClH.Cu/c1-16-9-10-17-5-4-8-24(29(17)34-16)33-15-22-25(35)12-11-20-28(18-6-2-3-7-19(18)31(37)38)21-13-23(32)26(36)14-27(21)39-30(20)22;;/h2-14,33,35H,15H2,1H3,(H,37,38);1H;/q;;+2/p-1. The Morgan fingerprint density at radius 1 is 1.00 bits per heavy atom. The molecule has 0 saturated heterocycles. The maximum absolute atomic E-state index is 12.5. The molecule has 10 heteroatoms. The number of phenolic OH excluding ortho intramolecular Hbond substituents is 1. The molecule has 2 heterocycles. The number of hydrogen-bond acceptors (Lipinski definition) is 6. The second-order valence-corrected chi connectivity index (χ2v) is 9.64. The van der Waals surface area contributed by atoms with Crippen LogP contribution in [0.15, 0.2) is 88.1 Å². The van der Waals surface area contributed by atoms with Crippen LogP contribution in [0.4, 0.5) is 5.69 Å². The molecule has 3 aromatic carbocycles. The number of aromatic hydroxyl groups is 1. The zero-order chi connectivity index (χ0) is 29.3. The number of carboxylic acids is 1. The van der Waals surface area contributed by atoms with Crippen molar-refractivity contribution in [1.29, 1.82) is 0 Å². The summed E-state index contributed by atoms with van der Waals surface area (Å²) in [7, 11) is 4.20. The molecule has 0 spiro atoms. The van der Waals surface area contributed by atoms with E-state index in [0.717, 1.165) is 22.3 Å². The van der Waals surface area contributed by atoms with Crippen LogP contribution in [0, 0.1) is 6.92 Å². The number of fused-ring (bicyclic) bond motifs is 3. The minimum atomic E-state index is -1.10. The van der Waals surface area contributed by atoms with E-state index in [1.807, 2.05) is 37.3 Å². The minimum absolute atomic E-state index is 0.00877. The summed E-state index contributed by atoms with van der Waals surface area (Å²) < 4.78 is 6.23. The van der Waals surface area contributed by atoms with Crippen LogP contribution in [0.3, 0.4) is 0 Å². The summed E-state index contributed by atoms with van der Waals surface area (Å²) >= 11 is 9.87. The van der Waals surface area contributed by atoms with E-state index in [-0.39, 0.29) is 28.6 Å². The second kappa shape index (κ2) is 11.8. The van der Waals surface area contributed by atoms with Gasteiger partial charge in [0.25, 0.3) is 0 Å². The number of aryl methyl sites for hydroxylation is 1. The first-order chi connectivity index (χ1) is 19.8. The average Bonchev–Trinajstić information content (AvgIpc) is 2.97. The fourth-order valence-corrected chi connectivity index (χ4v) is 5.08. The summed E-state index contributed by atoms with van der Waals surface area (Å²) in [6.45, 7) is 2.09. The molecule has 1 aliphatic carbocycles. The number of pyridine rings is 1. The van der Waals surface area contributed by atoms with Gasteiger partial charge in [-0.2, -0.15) is 0 Å². The van der Waals surface area contributed by atoms with Crippen molar-refractivity contribution < 1.29 is 34.5 Å². The Labute approximate surface area is 251 Å². The van der Waals surface area contributed by atoms with E-state index in [1.54, 1.807) is 30.3 Å². The molecule has 0 bridgehead atoms. The Balaban J connectivity index is 0.00000165. The zero-order valence-electron chi connectivity index (χ0n) is 21.3. The van der Waals surface area contributed by atoms with Gasteiger partial charge in [0.1, 0.15) is 17.1 Å². The number of carbonyl (C=O) groups is 1. The molecule has 0 saturated carbocycles. The van der Waals surface area contributed by atoms with Gasteiger partial charge in [-0.1, -0.05) is 48.0 Å². The molecule has 0 radical (unpaired) electrons. The molecule has 0 fully saturated rings. The molecular formula is C31H21Cl2CuN2O5+. The van der Waals surface area contributed by atoms with Gasteiger partial charge in [0.2, 0.25) is 5.43 Å². The molecule has 6 rings (SSSR count). The topological polar surface area (TPSA) is 113 Å². The third kappa shape index (κ3) is 5.35. The Hall–Kier alpha value is -4.07. The molecule has 0 amide bonds. The summed E-state index contributed by atoms with van der Waals surface area (Å²) in [5.41, 5.74) is 4.31. The van der Waals surface area contributed by atoms with Crippen molar-refractivity contribution in [2.45, 2.75) is 13.5 Å². The average molecular weight is 636 g/mol. The molecule has 2 aliphatic rings. The van der Waals surface area contributed by atoms with Crippen LogP contribution < -0.4 is 10.7 Å². The van der Waals surface area contributed by atoms with Gasteiger partial charge in [0.15, 0.2) is 0 Å². The van der Waals surface area contributed by atoms with Gasteiger partial charge in [0, 0.05) is 40.2 Å². The summed E-state index contributed by atoms with van der Waals surface area (Å²) in [5.74, 6) is -0.892. The van der Waals surface area contributed by atoms with Crippen LogP contribution in [0.25, 0.3) is 44.3 Å². The van der Waals surface area contributed by atoms with Crippen molar-refractivity contribution in [3.63, 3.8) is 0 Å². The van der Waals surface area contributed by atoms with Crippen molar-refractivity contribution in [2.75, 3.05) is 5.32 Å². The summed E-state index contributed by atoms with van der Waals surface area (Å²) in [6.07, 6.45) is 0. The van der Waals surface area contributed by atoms with Crippen molar-refractivity contribution in [2.24, 2.45) is 0 Å². The van der Waals surface area contributed by atoms with E-state index in [0.29, 0.717) is 33.2 Å². The number of benzene rings is 4. The van der Waals surface area contributed by atoms with Crippen LogP contribution in [0.2, 0.25) is 5.02 Å². The van der Waals surface area contributed by atoms with Crippen LogP contribution in [0.5, 0.6) is 5.75 Å². The predicted octanol–water partition coefficient (Wildman–Crippen LogP) is 7.78. The third-order valence-electron chi connectivity index (χ3n) is 6.76. The summed E-state index contributed by atoms with van der Waals surface area (Å²) in [4.78, 5) is 29.3. The Kier molecular flexibility index (Phi) is 8.20. The SMILES string of the molecule is Cc1ccc2cccc(NCc3c(O)ccc4c(-c5ccccc5C(=O)O)c5cc(Cl)c(=O)cc-5oc34)c2n1.[Cl][Cu+]. The number of rotatable bonds is 5. The number of carboxylic acid groups (broad SMARTS) is 1. The van der Waals surface area contributed by atoms with Gasteiger partial charge in [-0.15, -0.1) is 0 Å². The van der Waals surface area contributed by atoms with Gasteiger partial charge < -0.3 is 19.9 Å². The monoisotopic (exact) mass is 634 g/mol. The molecule has 0 atom stereocenters. The van der Waals surface area contributed by atoms with E-state index in [2.05, 4.69) is 35.5 Å². The number of para-hydroxylation sites is 1. The molecule has 209 valence electrons. The second-order valence-electron chi connectivity index (χ2n) is 9.23. The first kappa shape index (κ1) is 28.5. The molecular weight excluding hydrogens is 615 g/mol. The number of nitrogens with zero attached hydrogens (tertiary/aromatic N) is 1. The normalized spacial score (nSPS) is 11.0. The zero-order valence-corrected chi connectivity index (χ0v) is 23.8. The number of aromatic nitrogens is 1. The third-order valence-corrected chi connectivity index (χ3v) is 7.06. The van der Waals surface area contributed by atoms with Crippen LogP contribution in [0.1, 0.15) is 21.6 Å². The van der Waals surface area contributed by atoms with Crippen LogP contribution in [-0.4, -0.2) is 21.2 Å². The number of hydrogen-bond donors (Lipinski definition) is 3. The van der Waals surface area contributed by atoms with Gasteiger partial charge in [-0.05, 0) is 48.9 Å². The molecule has 0 unspecified atom stereocenters. The quantitative estimate of drug-likeness (QED) is 0.131. The molecule has 41 heavy (non-hydrogen) atoms. The van der Waals surface area contributed by atoms with E-state index in [1.165, 1.54) is 18.2 Å². The van der Waals surface area contributed by atoms with Crippen molar-refractivity contribution >= 4 is 55.2 Å². The van der Waals surface area contributed by atoms with E-state index in [4.69, 9.17) is 16.0 Å². The number of phenols is 1. The van der Waals surface area contributed by atoms with E-state index in [9.17, 15) is 19.8 Å². The maximum atomic E-state index is 12.5. The number of nitrogens with one attached hydrogen (secondary N) is 1. The van der Waals surface area contributed by atoms with Gasteiger partial charge in [-0.25, -0.2) is 4.79 Å². The summed E-state index contributed by atoms with van der Waals surface area (Å²) in [6, 6.07) is 22.3. The first-order valence-corrected chi connectivity index (χ1v) is 13.9. The van der Waals surface area contributed by atoms with Crippen LogP contribution >= 0.6 is 21.7 Å². The van der Waals surface area contributed by atoms with Crippen LogP contribution in [-0.2, 0) is 21.6 Å². The Morgan fingerprint density at radius 3 is 2.56 bits per heavy atom. The number of halogens is 2. The van der Waals surface area contributed by atoms with Crippen molar-refractivity contribution in [3.8, 4) is 28.2 Å². The van der Waals surface area contributed by atoms with Crippen molar-refractivity contribution in [3.05, 3.63) is 111 Å². The molecule has 4 aromatic rings. The Bertz CT molecular complexity index is 1980. The fourth-order valence-electron chi connectivity index (χ4n) is 4.92. The summed E-state index contributed by atoms with van der Waals surface area (Å²) in [5, 5.41) is 25.7. The molecule has 1 aromatic heterocycles. The van der Waals surface area contributed by atoms with E-state index >= 15 is 0 Å². The van der Waals surface area contributed by atoms with E-state index < -0.39 is 11.4 Å². The molecule has 3 N–H and O–H groups in total. The Morgan fingerprint density at radius 2 is 1.78 bits per heavy atom. The molecule has 7 nitrogen and oxygen atoms in total. The van der Waals surface area contributed by atoms with Gasteiger partial charge in [0.05, 0.1) is 27.4 Å². The first-order valence-electron chi connectivity index (χ1n) is 12.3. The molecule has 1 aliphatic heterocycles. The number of aromatic carboxylic acids is 1.